The first-order valence-electron chi connectivity index (χ1n) is 6.03. The fourth-order valence-electron chi connectivity index (χ4n) is 2.34. The van der Waals surface area contributed by atoms with Gasteiger partial charge in [0.05, 0.1) is 6.54 Å². The Labute approximate surface area is 106 Å². The molecule has 0 radical (unpaired) electrons. The van der Waals surface area contributed by atoms with Crippen molar-refractivity contribution in [3.63, 3.8) is 0 Å². The highest BCUT2D eigenvalue weighted by Gasteiger charge is 2.17. The monoisotopic (exact) mass is 248 g/mol. The van der Waals surface area contributed by atoms with Crippen molar-refractivity contribution in [1.29, 1.82) is 0 Å². The third-order valence-corrected chi connectivity index (χ3v) is 3.22. The molecule has 0 unspecified atom stereocenters. The van der Waals surface area contributed by atoms with Gasteiger partial charge in [-0.3, -0.25) is 9.69 Å². The first-order valence-corrected chi connectivity index (χ1v) is 6.03. The Bertz CT molecular complexity index is 476. The number of carbonyl (C=O) groups excluding carboxylic acids is 1. The van der Waals surface area contributed by atoms with Crippen LogP contribution in [0.3, 0.4) is 0 Å². The fourth-order valence-corrected chi connectivity index (χ4v) is 2.34. The lowest BCUT2D eigenvalue weighted by Crippen LogP contribution is -2.36. The van der Waals surface area contributed by atoms with E-state index in [0.717, 1.165) is 24.1 Å². The summed E-state index contributed by atoms with van der Waals surface area (Å²) in [5.41, 5.74) is 7.83. The Morgan fingerprint density at radius 2 is 2.28 bits per heavy atom. The molecule has 0 fully saturated rings. The van der Waals surface area contributed by atoms with Gasteiger partial charge in [-0.1, -0.05) is 18.2 Å². The van der Waals surface area contributed by atoms with Gasteiger partial charge in [-0.2, -0.15) is 0 Å². The molecule has 1 aromatic carbocycles. The van der Waals surface area contributed by atoms with Gasteiger partial charge in [0.2, 0.25) is 5.91 Å². The molecular formula is C14H17FN2O. The van der Waals surface area contributed by atoms with Crippen molar-refractivity contribution in [2.75, 3.05) is 19.6 Å². The van der Waals surface area contributed by atoms with E-state index in [-0.39, 0.29) is 18.3 Å². The molecule has 0 aliphatic carbocycles. The highest BCUT2D eigenvalue weighted by Crippen LogP contribution is 2.27. The van der Waals surface area contributed by atoms with Gasteiger partial charge in [0.1, 0.15) is 5.82 Å². The average Bonchev–Trinajstić information content (AvgIpc) is 2.30. The van der Waals surface area contributed by atoms with E-state index in [1.165, 1.54) is 6.07 Å². The van der Waals surface area contributed by atoms with Gasteiger partial charge in [0.25, 0.3) is 0 Å². The summed E-state index contributed by atoms with van der Waals surface area (Å²) in [6.07, 6.45) is 2.73. The maximum Gasteiger partial charge on any atom is 0.231 e. The van der Waals surface area contributed by atoms with Crippen LogP contribution in [0.1, 0.15) is 17.5 Å². The summed E-state index contributed by atoms with van der Waals surface area (Å²) < 4.78 is 13.8. The van der Waals surface area contributed by atoms with E-state index in [1.807, 2.05) is 24.0 Å². The molecule has 1 amide bonds. The van der Waals surface area contributed by atoms with Gasteiger partial charge in [0, 0.05) is 18.7 Å². The van der Waals surface area contributed by atoms with Gasteiger partial charge >= 0.3 is 0 Å². The molecule has 0 spiro atoms. The van der Waals surface area contributed by atoms with Crippen molar-refractivity contribution < 1.29 is 9.18 Å². The molecule has 0 saturated heterocycles. The summed E-state index contributed by atoms with van der Waals surface area (Å²) in [7, 11) is 0. The quantitative estimate of drug-likeness (QED) is 0.885. The molecule has 0 atom stereocenters. The van der Waals surface area contributed by atoms with Crippen LogP contribution in [0, 0.1) is 12.7 Å². The van der Waals surface area contributed by atoms with Gasteiger partial charge in [-0.25, -0.2) is 4.39 Å². The molecule has 1 aliphatic heterocycles. The molecule has 2 rings (SSSR count). The maximum atomic E-state index is 13.8. The summed E-state index contributed by atoms with van der Waals surface area (Å²) in [6.45, 7) is 3.56. The smallest absolute Gasteiger partial charge is 0.231 e. The van der Waals surface area contributed by atoms with Crippen LogP contribution in [-0.2, 0) is 4.79 Å². The van der Waals surface area contributed by atoms with Crippen LogP contribution in [0.2, 0.25) is 0 Å². The van der Waals surface area contributed by atoms with Crippen molar-refractivity contribution in [2.45, 2.75) is 13.3 Å². The van der Waals surface area contributed by atoms with E-state index in [0.29, 0.717) is 12.1 Å². The standard InChI is InChI=1S/C14H17FN2O/c1-10-3-2-4-12(15)14(10)11-5-7-17(8-6-11)9-13(16)18/h2-5H,6-9H2,1H3,(H2,16,18). The summed E-state index contributed by atoms with van der Waals surface area (Å²) in [6, 6.07) is 5.12. The highest BCUT2D eigenvalue weighted by atomic mass is 19.1. The van der Waals surface area contributed by atoms with E-state index < -0.39 is 0 Å². The second kappa shape index (κ2) is 5.31. The van der Waals surface area contributed by atoms with Crippen LogP contribution in [0.25, 0.3) is 5.57 Å². The predicted octanol–water partition coefficient (Wildman–Crippen LogP) is 1.71. The van der Waals surface area contributed by atoms with E-state index >= 15 is 0 Å². The molecule has 0 bridgehead atoms. The normalized spacial score (nSPS) is 16.4. The zero-order chi connectivity index (χ0) is 13.1. The number of aryl methyl sites for hydroxylation is 1. The number of rotatable bonds is 3. The van der Waals surface area contributed by atoms with E-state index in [9.17, 15) is 9.18 Å². The van der Waals surface area contributed by atoms with E-state index in [2.05, 4.69) is 0 Å². The molecule has 2 N–H and O–H groups in total. The van der Waals surface area contributed by atoms with Gasteiger partial charge < -0.3 is 5.73 Å². The number of primary amides is 1. The summed E-state index contributed by atoms with van der Waals surface area (Å²) in [4.78, 5) is 12.8. The third-order valence-electron chi connectivity index (χ3n) is 3.22. The SMILES string of the molecule is Cc1cccc(F)c1C1=CCN(CC(N)=O)CC1. The zero-order valence-corrected chi connectivity index (χ0v) is 10.4. The number of nitrogens with two attached hydrogens (primary N) is 1. The maximum absolute atomic E-state index is 13.8. The number of nitrogens with zero attached hydrogens (tertiary/aromatic N) is 1. The van der Waals surface area contributed by atoms with Crippen LogP contribution in [0.4, 0.5) is 4.39 Å². The van der Waals surface area contributed by atoms with Crippen molar-refractivity contribution in [3.8, 4) is 0 Å². The molecule has 18 heavy (non-hydrogen) atoms. The summed E-state index contributed by atoms with van der Waals surface area (Å²) in [5, 5.41) is 0. The Kier molecular flexibility index (Phi) is 3.77. The first-order chi connectivity index (χ1) is 8.58. The summed E-state index contributed by atoms with van der Waals surface area (Å²) in [5.74, 6) is -0.501. The number of carbonyl (C=O) groups is 1. The Balaban J connectivity index is 2.17. The lowest BCUT2D eigenvalue weighted by molar-refractivity contribution is -0.119. The summed E-state index contributed by atoms with van der Waals surface area (Å²) >= 11 is 0. The van der Waals surface area contributed by atoms with Crippen LogP contribution >= 0.6 is 0 Å². The van der Waals surface area contributed by atoms with E-state index in [1.54, 1.807) is 6.07 Å². The second-order valence-electron chi connectivity index (χ2n) is 4.61. The van der Waals surface area contributed by atoms with Gasteiger partial charge in [0.15, 0.2) is 0 Å². The number of benzene rings is 1. The molecule has 0 saturated carbocycles. The second-order valence-corrected chi connectivity index (χ2v) is 4.61. The number of hydrogen-bond donors (Lipinski definition) is 1. The Hall–Kier alpha value is -1.68. The van der Waals surface area contributed by atoms with Crippen molar-refractivity contribution in [3.05, 3.63) is 41.2 Å². The predicted molar refractivity (Wildman–Crippen MR) is 69.4 cm³/mol. The van der Waals surface area contributed by atoms with E-state index in [4.69, 9.17) is 5.73 Å². The molecule has 3 nitrogen and oxygen atoms in total. The van der Waals surface area contributed by atoms with Crippen molar-refractivity contribution in [1.82, 2.24) is 4.90 Å². The molecule has 1 heterocycles. The molecule has 4 heteroatoms. The number of halogens is 1. The molecule has 1 aliphatic rings. The largest absolute Gasteiger partial charge is 0.369 e. The number of amides is 1. The Morgan fingerprint density at radius 3 is 2.83 bits per heavy atom. The molecule has 1 aromatic rings. The topological polar surface area (TPSA) is 46.3 Å². The van der Waals surface area contributed by atoms with Crippen LogP contribution in [0.15, 0.2) is 24.3 Å². The van der Waals surface area contributed by atoms with Crippen molar-refractivity contribution in [2.24, 2.45) is 5.73 Å². The van der Waals surface area contributed by atoms with Crippen LogP contribution < -0.4 is 5.73 Å². The van der Waals surface area contributed by atoms with Crippen LogP contribution in [0.5, 0.6) is 0 Å². The molecule has 96 valence electrons. The number of hydrogen-bond acceptors (Lipinski definition) is 2. The minimum Gasteiger partial charge on any atom is -0.369 e. The van der Waals surface area contributed by atoms with Gasteiger partial charge in [-0.05, 0) is 30.5 Å². The fraction of sp³-hybridized carbons (Fsp3) is 0.357. The Morgan fingerprint density at radius 1 is 1.50 bits per heavy atom. The average molecular weight is 248 g/mol. The van der Waals surface area contributed by atoms with Crippen LogP contribution in [-0.4, -0.2) is 30.4 Å². The molecular weight excluding hydrogens is 231 g/mol. The van der Waals surface area contributed by atoms with Gasteiger partial charge in [-0.15, -0.1) is 0 Å². The first kappa shape index (κ1) is 12.8. The highest BCUT2D eigenvalue weighted by molar-refractivity contribution is 5.76. The van der Waals surface area contributed by atoms with Crippen molar-refractivity contribution >= 4 is 11.5 Å². The minimum absolute atomic E-state index is 0.176. The lowest BCUT2D eigenvalue weighted by Gasteiger charge is -2.25. The lowest BCUT2D eigenvalue weighted by atomic mass is 9.95. The minimum atomic E-state index is -0.325. The zero-order valence-electron chi connectivity index (χ0n) is 10.4. The molecule has 0 aromatic heterocycles. The third kappa shape index (κ3) is 2.76.